The number of hydrogen-bond acceptors (Lipinski definition) is 4. The number of benzene rings is 3. The van der Waals surface area contributed by atoms with Crippen molar-refractivity contribution in [2.24, 2.45) is 5.41 Å². The van der Waals surface area contributed by atoms with Crippen molar-refractivity contribution in [3.8, 4) is 0 Å². The fourth-order valence-electron chi connectivity index (χ4n) is 4.95. The van der Waals surface area contributed by atoms with E-state index in [1.165, 1.54) is 5.56 Å². The molecule has 1 saturated heterocycles. The highest BCUT2D eigenvalue weighted by Crippen LogP contribution is 2.53. The second-order valence-electron chi connectivity index (χ2n) is 9.22. The molecule has 0 aliphatic carbocycles. The molecule has 1 fully saturated rings. The van der Waals surface area contributed by atoms with Crippen molar-refractivity contribution < 1.29 is 14.2 Å². The van der Waals surface area contributed by atoms with Crippen molar-refractivity contribution in [3.63, 3.8) is 0 Å². The first-order valence-corrected chi connectivity index (χ1v) is 10.9. The van der Waals surface area contributed by atoms with Crippen LogP contribution in [-0.2, 0) is 9.31 Å². The molecule has 0 bridgehead atoms. The van der Waals surface area contributed by atoms with Crippen LogP contribution in [0.3, 0.4) is 0 Å². The zero-order chi connectivity index (χ0) is 23.0. The van der Waals surface area contributed by atoms with Gasteiger partial charge in [-0.05, 0) is 37.9 Å². The van der Waals surface area contributed by atoms with E-state index in [0.717, 1.165) is 22.2 Å². The van der Waals surface area contributed by atoms with E-state index in [0.29, 0.717) is 5.56 Å². The van der Waals surface area contributed by atoms with Gasteiger partial charge >= 0.3 is 7.12 Å². The molecule has 0 radical (unpaired) electrons. The van der Waals surface area contributed by atoms with E-state index in [1.54, 1.807) is 18.2 Å². The molecule has 1 aliphatic heterocycles. The van der Waals surface area contributed by atoms with Crippen LogP contribution in [0.4, 0.5) is 5.69 Å². The normalized spacial score (nSPS) is 20.2. The third kappa shape index (κ3) is 3.96. The third-order valence-electron chi connectivity index (χ3n) is 6.36. The lowest BCUT2D eigenvalue weighted by molar-refractivity contribution is -0.386. The first-order chi connectivity index (χ1) is 15.2. The molecule has 6 heteroatoms. The number of para-hydroxylation sites is 1. The molecule has 164 valence electrons. The number of nitrogens with zero attached hydrogens (tertiary/aromatic N) is 1. The van der Waals surface area contributed by atoms with E-state index in [1.807, 2.05) is 36.4 Å². The maximum absolute atomic E-state index is 11.8. The van der Waals surface area contributed by atoms with E-state index >= 15 is 0 Å². The van der Waals surface area contributed by atoms with Crippen molar-refractivity contribution in [2.75, 3.05) is 0 Å². The molecule has 0 unspecified atom stereocenters. The maximum atomic E-state index is 11.8. The minimum Gasteiger partial charge on any atom is -0.400 e. The van der Waals surface area contributed by atoms with Gasteiger partial charge in [0.05, 0.1) is 22.7 Å². The molecule has 32 heavy (non-hydrogen) atoms. The van der Waals surface area contributed by atoms with Gasteiger partial charge in [-0.3, -0.25) is 10.1 Å². The van der Waals surface area contributed by atoms with Gasteiger partial charge < -0.3 is 9.31 Å². The summed E-state index contributed by atoms with van der Waals surface area (Å²) in [7, 11) is -0.640. The van der Waals surface area contributed by atoms with Crippen LogP contribution in [0.1, 0.15) is 53.9 Å². The second kappa shape index (κ2) is 8.53. The van der Waals surface area contributed by atoms with Crippen LogP contribution in [0.25, 0.3) is 0 Å². The third-order valence-corrected chi connectivity index (χ3v) is 6.36. The Hall–Kier alpha value is -2.96. The van der Waals surface area contributed by atoms with Gasteiger partial charge in [0.25, 0.3) is 5.69 Å². The quantitative estimate of drug-likeness (QED) is 0.300. The lowest BCUT2D eigenvalue weighted by Crippen LogP contribution is -2.52. The second-order valence-corrected chi connectivity index (χ2v) is 9.22. The lowest BCUT2D eigenvalue weighted by Gasteiger charge is -2.47. The minimum atomic E-state index is -0.640. The summed E-state index contributed by atoms with van der Waals surface area (Å²) in [5.74, 6) is 0. The van der Waals surface area contributed by atoms with Crippen LogP contribution in [-0.4, -0.2) is 12.0 Å². The van der Waals surface area contributed by atoms with Crippen LogP contribution in [0, 0.1) is 36.3 Å². The van der Waals surface area contributed by atoms with E-state index in [4.69, 9.17) is 9.31 Å². The van der Waals surface area contributed by atoms with E-state index in [9.17, 15) is 10.1 Å². The Bertz CT molecular complexity index is 1120. The topological polar surface area (TPSA) is 61.6 Å². The number of aryl methyl sites for hydroxylation is 3. The predicted molar refractivity (Wildman–Crippen MR) is 127 cm³/mol. The van der Waals surface area contributed by atoms with Gasteiger partial charge in [0.15, 0.2) is 0 Å². The molecule has 1 aliphatic rings. The van der Waals surface area contributed by atoms with Crippen molar-refractivity contribution in [1.29, 1.82) is 0 Å². The summed E-state index contributed by atoms with van der Waals surface area (Å²) >= 11 is 0. The molecule has 2 atom stereocenters. The Morgan fingerprint density at radius 1 is 0.875 bits per heavy atom. The first kappa shape index (κ1) is 22.2. The average Bonchev–Trinajstić information content (AvgIpc) is 2.74. The summed E-state index contributed by atoms with van der Waals surface area (Å²) in [6, 6.07) is 21.1. The van der Waals surface area contributed by atoms with Crippen molar-refractivity contribution in [2.45, 2.75) is 46.8 Å². The standard InChI is InChI=1S/C26H28BNO4/c1-17-15-18(2)23(19(3)16-17)27-31-24(20-11-7-6-8-12-20)26(4,5)25(32-27)21-13-9-10-14-22(21)28(29)30/h6-16,24-25H,1-5H3/t24-,25+/m0/s1. The van der Waals surface area contributed by atoms with Crippen LogP contribution in [0.2, 0.25) is 0 Å². The molecular weight excluding hydrogens is 401 g/mol. The summed E-state index contributed by atoms with van der Waals surface area (Å²) in [5.41, 5.74) is 5.42. The Morgan fingerprint density at radius 3 is 2.06 bits per heavy atom. The molecule has 0 saturated carbocycles. The minimum absolute atomic E-state index is 0.0652. The van der Waals surface area contributed by atoms with Gasteiger partial charge in [-0.2, -0.15) is 0 Å². The average molecular weight is 429 g/mol. The number of nitro groups is 1. The summed E-state index contributed by atoms with van der Waals surface area (Å²) in [5, 5.41) is 11.8. The zero-order valence-electron chi connectivity index (χ0n) is 19.2. The van der Waals surface area contributed by atoms with Gasteiger partial charge in [-0.1, -0.05) is 85.1 Å². The number of hydrogen-bond donors (Lipinski definition) is 0. The van der Waals surface area contributed by atoms with Crippen LogP contribution in [0.5, 0.6) is 0 Å². The van der Waals surface area contributed by atoms with Crippen LogP contribution < -0.4 is 5.46 Å². The lowest BCUT2D eigenvalue weighted by atomic mass is 9.65. The molecule has 5 nitrogen and oxygen atoms in total. The van der Waals surface area contributed by atoms with Gasteiger partial charge in [0.2, 0.25) is 0 Å². The summed E-state index contributed by atoms with van der Waals surface area (Å²) in [6.45, 7) is 10.3. The Kier molecular flexibility index (Phi) is 5.93. The smallest absolute Gasteiger partial charge is 0.400 e. The zero-order valence-corrected chi connectivity index (χ0v) is 19.2. The molecule has 3 aromatic rings. The molecule has 0 spiro atoms. The Balaban J connectivity index is 1.89. The summed E-state index contributed by atoms with van der Waals surface area (Å²) in [4.78, 5) is 11.5. The van der Waals surface area contributed by atoms with E-state index < -0.39 is 18.6 Å². The van der Waals surface area contributed by atoms with Crippen molar-refractivity contribution in [1.82, 2.24) is 0 Å². The Labute approximate surface area is 189 Å². The highest BCUT2D eigenvalue weighted by Gasteiger charge is 2.51. The molecular formula is C26H28BNO4. The van der Waals surface area contributed by atoms with E-state index in [2.05, 4.69) is 46.8 Å². The SMILES string of the molecule is Cc1cc(C)c(B2O[C@H](c3ccccc3[N+](=O)[O-])C(C)(C)[C@H](c3ccccc3)O2)c(C)c1. The highest BCUT2D eigenvalue weighted by atomic mass is 16.6. The van der Waals surface area contributed by atoms with Crippen molar-refractivity contribution >= 4 is 18.3 Å². The Morgan fingerprint density at radius 2 is 1.44 bits per heavy atom. The molecule has 0 N–H and O–H groups in total. The highest BCUT2D eigenvalue weighted by molar-refractivity contribution is 6.62. The number of nitro benzene ring substituents is 1. The molecule has 0 amide bonds. The summed E-state index contributed by atoms with van der Waals surface area (Å²) < 4.78 is 13.2. The molecule has 0 aromatic heterocycles. The molecule has 3 aromatic carbocycles. The first-order valence-electron chi connectivity index (χ1n) is 10.9. The largest absolute Gasteiger partial charge is 0.495 e. The fourth-order valence-corrected chi connectivity index (χ4v) is 4.95. The monoisotopic (exact) mass is 429 g/mol. The van der Waals surface area contributed by atoms with E-state index in [-0.39, 0.29) is 16.7 Å². The van der Waals surface area contributed by atoms with Crippen molar-refractivity contribution in [3.05, 3.63) is 105 Å². The fraction of sp³-hybridized carbons (Fsp3) is 0.308. The van der Waals surface area contributed by atoms with Gasteiger partial charge in [-0.15, -0.1) is 0 Å². The van der Waals surface area contributed by atoms with Crippen LogP contribution in [0.15, 0.2) is 66.7 Å². The van der Waals surface area contributed by atoms with Crippen LogP contribution >= 0.6 is 0 Å². The predicted octanol–water partition coefficient (Wildman–Crippen LogP) is 5.77. The molecule has 4 rings (SSSR count). The van der Waals surface area contributed by atoms with Gasteiger partial charge in [-0.25, -0.2) is 0 Å². The van der Waals surface area contributed by atoms with Gasteiger partial charge in [0.1, 0.15) is 0 Å². The maximum Gasteiger partial charge on any atom is 0.495 e. The number of rotatable bonds is 4. The molecule has 1 heterocycles. The summed E-state index contributed by atoms with van der Waals surface area (Å²) in [6.07, 6.45) is -0.847. The van der Waals surface area contributed by atoms with Gasteiger partial charge in [0, 0.05) is 11.5 Å².